The molecule has 4 heteroatoms. The van der Waals surface area contributed by atoms with Crippen molar-refractivity contribution in [2.45, 2.75) is 51.5 Å². The van der Waals surface area contributed by atoms with E-state index < -0.39 is 0 Å². The van der Waals surface area contributed by atoms with Crippen molar-refractivity contribution in [1.29, 1.82) is 0 Å². The summed E-state index contributed by atoms with van der Waals surface area (Å²) in [6.07, 6.45) is 4.50. The summed E-state index contributed by atoms with van der Waals surface area (Å²) < 4.78 is 0. The average Bonchev–Trinajstić information content (AvgIpc) is 2.68. The van der Waals surface area contributed by atoms with Crippen LogP contribution >= 0.6 is 11.6 Å². The van der Waals surface area contributed by atoms with Crippen molar-refractivity contribution in [3.8, 4) is 0 Å². The van der Waals surface area contributed by atoms with E-state index in [9.17, 15) is 0 Å². The fourth-order valence-electron chi connectivity index (χ4n) is 3.14. The standard InChI is InChI=1S/C17H28ClN3/c1-4-7-15-10-14(12-18)11-17(19-15)21-9-6-8-20(3)13-16(21)5-2/h10-11,16H,4-9,12-13H2,1-3H3. The maximum Gasteiger partial charge on any atom is 0.129 e. The van der Waals surface area contributed by atoms with Gasteiger partial charge in [-0.15, -0.1) is 11.6 Å². The van der Waals surface area contributed by atoms with Crippen LogP contribution in [0, 0.1) is 0 Å². The first-order chi connectivity index (χ1) is 10.2. The summed E-state index contributed by atoms with van der Waals surface area (Å²) in [5.41, 5.74) is 2.37. The van der Waals surface area contributed by atoms with E-state index in [0.29, 0.717) is 11.9 Å². The molecule has 1 aliphatic heterocycles. The quantitative estimate of drug-likeness (QED) is 0.773. The molecule has 118 valence electrons. The zero-order valence-electron chi connectivity index (χ0n) is 13.6. The third kappa shape index (κ3) is 4.33. The first-order valence-corrected chi connectivity index (χ1v) is 8.72. The molecule has 0 bridgehead atoms. The van der Waals surface area contributed by atoms with Crippen molar-refractivity contribution in [2.75, 3.05) is 31.6 Å². The van der Waals surface area contributed by atoms with Crippen LogP contribution in [0.5, 0.6) is 0 Å². The van der Waals surface area contributed by atoms with Gasteiger partial charge in [0.1, 0.15) is 5.82 Å². The molecule has 1 fully saturated rings. The van der Waals surface area contributed by atoms with E-state index in [1.165, 1.54) is 24.2 Å². The van der Waals surface area contributed by atoms with E-state index >= 15 is 0 Å². The molecular formula is C17H28ClN3. The highest BCUT2D eigenvalue weighted by Gasteiger charge is 2.23. The van der Waals surface area contributed by atoms with Gasteiger partial charge in [0.15, 0.2) is 0 Å². The monoisotopic (exact) mass is 309 g/mol. The Hall–Kier alpha value is -0.800. The molecule has 1 aliphatic rings. The first-order valence-electron chi connectivity index (χ1n) is 8.18. The van der Waals surface area contributed by atoms with Crippen molar-refractivity contribution in [2.24, 2.45) is 0 Å². The maximum absolute atomic E-state index is 6.08. The van der Waals surface area contributed by atoms with E-state index in [2.05, 4.69) is 42.8 Å². The van der Waals surface area contributed by atoms with Crippen LogP contribution in [0.3, 0.4) is 0 Å². The maximum atomic E-state index is 6.08. The number of aryl methyl sites for hydroxylation is 1. The zero-order chi connectivity index (χ0) is 15.2. The Morgan fingerprint density at radius 3 is 2.76 bits per heavy atom. The normalized spacial score (nSPS) is 20.6. The Labute approximate surface area is 134 Å². The summed E-state index contributed by atoms with van der Waals surface area (Å²) in [6, 6.07) is 4.88. The Bertz CT molecular complexity index is 450. The van der Waals surface area contributed by atoms with Crippen molar-refractivity contribution >= 4 is 17.4 Å². The van der Waals surface area contributed by atoms with Gasteiger partial charge in [-0.3, -0.25) is 0 Å². The molecule has 0 aromatic carbocycles. The Balaban J connectivity index is 2.30. The van der Waals surface area contributed by atoms with Crippen LogP contribution in [0.15, 0.2) is 12.1 Å². The fraction of sp³-hybridized carbons (Fsp3) is 0.706. The lowest BCUT2D eigenvalue weighted by Crippen LogP contribution is -2.40. The van der Waals surface area contributed by atoms with Crippen LogP contribution in [0.25, 0.3) is 0 Å². The van der Waals surface area contributed by atoms with Gasteiger partial charge in [-0.05, 0) is 50.6 Å². The molecule has 2 rings (SSSR count). The number of aromatic nitrogens is 1. The van der Waals surface area contributed by atoms with E-state index in [1.807, 2.05) is 0 Å². The summed E-state index contributed by atoms with van der Waals surface area (Å²) in [7, 11) is 2.22. The lowest BCUT2D eigenvalue weighted by Gasteiger charge is -2.31. The first kappa shape index (κ1) is 16.6. The number of anilines is 1. The van der Waals surface area contributed by atoms with Gasteiger partial charge in [0.05, 0.1) is 0 Å². The Morgan fingerprint density at radius 1 is 1.29 bits per heavy atom. The second-order valence-electron chi connectivity index (χ2n) is 6.08. The smallest absolute Gasteiger partial charge is 0.129 e. The summed E-state index contributed by atoms with van der Waals surface area (Å²) >= 11 is 6.08. The fourth-order valence-corrected chi connectivity index (χ4v) is 3.29. The minimum Gasteiger partial charge on any atom is -0.352 e. The number of likely N-dealkylation sites (N-methyl/N-ethyl adjacent to an activating group) is 1. The number of rotatable bonds is 5. The van der Waals surface area contributed by atoms with Crippen LogP contribution < -0.4 is 4.90 Å². The number of nitrogens with zero attached hydrogens (tertiary/aromatic N) is 3. The molecule has 1 atom stereocenters. The van der Waals surface area contributed by atoms with Gasteiger partial charge in [-0.2, -0.15) is 0 Å². The molecule has 1 aromatic rings. The Kier molecular flexibility index (Phi) is 6.31. The summed E-state index contributed by atoms with van der Waals surface area (Å²) in [5.74, 6) is 1.69. The number of halogens is 1. The van der Waals surface area contributed by atoms with Crippen molar-refractivity contribution in [1.82, 2.24) is 9.88 Å². The van der Waals surface area contributed by atoms with Crippen molar-refractivity contribution in [3.63, 3.8) is 0 Å². The highest BCUT2D eigenvalue weighted by Crippen LogP contribution is 2.23. The second-order valence-corrected chi connectivity index (χ2v) is 6.35. The lowest BCUT2D eigenvalue weighted by molar-refractivity contribution is 0.327. The number of hydrogen-bond donors (Lipinski definition) is 0. The van der Waals surface area contributed by atoms with Gasteiger partial charge in [0.25, 0.3) is 0 Å². The summed E-state index contributed by atoms with van der Waals surface area (Å²) in [5, 5.41) is 0. The van der Waals surface area contributed by atoms with Gasteiger partial charge in [0.2, 0.25) is 0 Å². The predicted octanol–water partition coefficient (Wildman–Crippen LogP) is 3.69. The number of alkyl halides is 1. The number of hydrogen-bond acceptors (Lipinski definition) is 3. The van der Waals surface area contributed by atoms with E-state index in [0.717, 1.165) is 38.2 Å². The lowest BCUT2D eigenvalue weighted by atomic mass is 10.1. The molecule has 0 N–H and O–H groups in total. The minimum atomic E-state index is 0.546. The molecule has 2 heterocycles. The molecule has 0 saturated carbocycles. The summed E-state index contributed by atoms with van der Waals surface area (Å²) in [4.78, 5) is 9.84. The largest absolute Gasteiger partial charge is 0.352 e. The molecule has 3 nitrogen and oxygen atoms in total. The molecule has 0 spiro atoms. The van der Waals surface area contributed by atoms with Gasteiger partial charge in [0, 0.05) is 30.7 Å². The molecule has 21 heavy (non-hydrogen) atoms. The van der Waals surface area contributed by atoms with Crippen LogP contribution in [0.4, 0.5) is 5.82 Å². The zero-order valence-corrected chi connectivity index (χ0v) is 14.4. The van der Waals surface area contributed by atoms with E-state index in [4.69, 9.17) is 16.6 Å². The Morgan fingerprint density at radius 2 is 2.10 bits per heavy atom. The van der Waals surface area contributed by atoms with Gasteiger partial charge in [-0.25, -0.2) is 4.98 Å². The highest BCUT2D eigenvalue weighted by atomic mass is 35.5. The highest BCUT2D eigenvalue weighted by molar-refractivity contribution is 6.17. The molecular weight excluding hydrogens is 282 g/mol. The number of pyridine rings is 1. The van der Waals surface area contributed by atoms with Crippen molar-refractivity contribution < 1.29 is 0 Å². The topological polar surface area (TPSA) is 19.4 Å². The van der Waals surface area contributed by atoms with E-state index in [1.54, 1.807) is 0 Å². The molecule has 0 radical (unpaired) electrons. The molecule has 1 saturated heterocycles. The summed E-state index contributed by atoms with van der Waals surface area (Å²) in [6.45, 7) is 7.85. The molecule has 0 aliphatic carbocycles. The predicted molar refractivity (Wildman–Crippen MR) is 91.3 cm³/mol. The van der Waals surface area contributed by atoms with Gasteiger partial charge in [-0.1, -0.05) is 20.3 Å². The molecule has 0 amide bonds. The van der Waals surface area contributed by atoms with Crippen LogP contribution in [0.2, 0.25) is 0 Å². The van der Waals surface area contributed by atoms with E-state index in [-0.39, 0.29) is 0 Å². The SMILES string of the molecule is CCCc1cc(CCl)cc(N2CCCN(C)CC2CC)n1. The van der Waals surface area contributed by atoms with Crippen LogP contribution in [0.1, 0.15) is 44.4 Å². The molecule has 1 aromatic heterocycles. The minimum absolute atomic E-state index is 0.546. The third-order valence-corrected chi connectivity index (χ3v) is 4.56. The second kappa shape index (κ2) is 8.00. The van der Waals surface area contributed by atoms with Crippen LogP contribution in [-0.2, 0) is 12.3 Å². The molecule has 1 unspecified atom stereocenters. The van der Waals surface area contributed by atoms with Gasteiger partial charge < -0.3 is 9.80 Å². The van der Waals surface area contributed by atoms with Crippen LogP contribution in [-0.4, -0.2) is 42.6 Å². The average molecular weight is 310 g/mol. The third-order valence-electron chi connectivity index (χ3n) is 4.25. The van der Waals surface area contributed by atoms with Gasteiger partial charge >= 0.3 is 0 Å². The van der Waals surface area contributed by atoms with Crippen molar-refractivity contribution in [3.05, 3.63) is 23.4 Å².